The van der Waals surface area contributed by atoms with E-state index in [0.29, 0.717) is 12.1 Å². The van der Waals surface area contributed by atoms with Gasteiger partial charge in [0, 0.05) is 19.2 Å². The second-order valence-corrected chi connectivity index (χ2v) is 4.97. The number of carbonyl (C=O) groups excluding carboxylic acids is 2. The molecule has 0 aliphatic carbocycles. The Morgan fingerprint density at radius 3 is 2.84 bits per heavy atom. The van der Waals surface area contributed by atoms with Crippen LogP contribution in [0.4, 0.5) is 4.79 Å². The fourth-order valence-electron chi connectivity index (χ4n) is 1.95. The maximum Gasteiger partial charge on any atom is 0.325 e. The minimum Gasteiger partial charge on any atom is -0.393 e. The molecule has 1 aromatic heterocycles. The summed E-state index contributed by atoms with van der Waals surface area (Å²) < 4.78 is 0. The number of nitrogens with one attached hydrogen (secondary N) is 1. The zero-order valence-electron chi connectivity index (χ0n) is 10.4. The van der Waals surface area contributed by atoms with Crippen molar-refractivity contribution in [2.24, 2.45) is 5.73 Å². The van der Waals surface area contributed by atoms with Gasteiger partial charge < -0.3 is 11.1 Å². The summed E-state index contributed by atoms with van der Waals surface area (Å²) in [7, 11) is 0. The highest BCUT2D eigenvalue weighted by atomic mass is 32.1. The minimum atomic E-state index is -1.13. The fourth-order valence-corrected chi connectivity index (χ4v) is 2.05. The van der Waals surface area contributed by atoms with Gasteiger partial charge in [-0.2, -0.15) is 0 Å². The van der Waals surface area contributed by atoms with Gasteiger partial charge in [0.25, 0.3) is 5.91 Å². The number of pyridine rings is 1. The van der Waals surface area contributed by atoms with Crippen LogP contribution in [0.3, 0.4) is 0 Å². The van der Waals surface area contributed by atoms with Crippen molar-refractivity contribution in [3.63, 3.8) is 0 Å². The second-order valence-electron chi connectivity index (χ2n) is 4.44. The summed E-state index contributed by atoms with van der Waals surface area (Å²) in [5.74, 6) is -0.340. The lowest BCUT2D eigenvalue weighted by atomic mass is 9.97. The zero-order valence-corrected chi connectivity index (χ0v) is 11.2. The molecule has 3 N–H and O–H groups in total. The van der Waals surface area contributed by atoms with Gasteiger partial charge in [0.05, 0.1) is 10.7 Å². The highest BCUT2D eigenvalue weighted by molar-refractivity contribution is 7.80. The number of amides is 3. The van der Waals surface area contributed by atoms with E-state index >= 15 is 0 Å². The highest BCUT2D eigenvalue weighted by Gasteiger charge is 2.49. The molecule has 1 aromatic rings. The highest BCUT2D eigenvalue weighted by Crippen LogP contribution is 2.27. The van der Waals surface area contributed by atoms with E-state index in [1.165, 1.54) is 0 Å². The number of aromatic nitrogens is 1. The molecule has 100 valence electrons. The predicted octanol–water partition coefficient (Wildman–Crippen LogP) is 0.525. The van der Waals surface area contributed by atoms with Crippen LogP contribution >= 0.6 is 12.2 Å². The van der Waals surface area contributed by atoms with E-state index in [4.69, 9.17) is 18.0 Å². The SMILES string of the molecule is CC1(c2ccccn2)NC(=O)N(CCC(N)=S)C1=O. The van der Waals surface area contributed by atoms with Crippen molar-refractivity contribution >= 4 is 29.1 Å². The number of nitrogens with two attached hydrogens (primary N) is 1. The lowest BCUT2D eigenvalue weighted by Crippen LogP contribution is -2.41. The van der Waals surface area contributed by atoms with Crippen LogP contribution in [0, 0.1) is 0 Å². The maximum atomic E-state index is 12.4. The van der Waals surface area contributed by atoms with Gasteiger partial charge in [-0.15, -0.1) is 0 Å². The molecule has 1 aliphatic heterocycles. The lowest BCUT2D eigenvalue weighted by Gasteiger charge is -2.20. The third-order valence-electron chi connectivity index (χ3n) is 3.03. The predicted molar refractivity (Wildman–Crippen MR) is 73.2 cm³/mol. The third kappa shape index (κ3) is 2.41. The van der Waals surface area contributed by atoms with Gasteiger partial charge in [0.2, 0.25) is 0 Å². The van der Waals surface area contributed by atoms with E-state index in [1.54, 1.807) is 31.3 Å². The number of thiocarbonyl (C=S) groups is 1. The van der Waals surface area contributed by atoms with Crippen LogP contribution in [-0.2, 0) is 10.3 Å². The zero-order chi connectivity index (χ0) is 14.0. The molecule has 1 atom stereocenters. The molecule has 0 saturated carbocycles. The first-order valence-electron chi connectivity index (χ1n) is 5.79. The van der Waals surface area contributed by atoms with E-state index in [-0.39, 0.29) is 17.4 Å². The summed E-state index contributed by atoms with van der Waals surface area (Å²) in [6.45, 7) is 1.82. The molecule has 1 saturated heterocycles. The van der Waals surface area contributed by atoms with Gasteiger partial charge in [0.1, 0.15) is 0 Å². The topological polar surface area (TPSA) is 88.3 Å². The van der Waals surface area contributed by atoms with Crippen LogP contribution < -0.4 is 11.1 Å². The summed E-state index contributed by atoms with van der Waals surface area (Å²) in [6.07, 6.45) is 1.89. The van der Waals surface area contributed by atoms with E-state index in [2.05, 4.69) is 10.3 Å². The molecule has 0 bridgehead atoms. The fraction of sp³-hybridized carbons (Fsp3) is 0.333. The van der Waals surface area contributed by atoms with Crippen molar-refractivity contribution in [3.8, 4) is 0 Å². The lowest BCUT2D eigenvalue weighted by molar-refractivity contribution is -0.131. The summed E-state index contributed by atoms with van der Waals surface area (Å²) in [5.41, 5.74) is 4.76. The molecular weight excluding hydrogens is 264 g/mol. The number of rotatable bonds is 4. The summed E-state index contributed by atoms with van der Waals surface area (Å²) in [4.78, 5) is 29.8. The average Bonchev–Trinajstić information content (AvgIpc) is 2.60. The number of hydrogen-bond donors (Lipinski definition) is 2. The van der Waals surface area contributed by atoms with Crippen LogP contribution in [0.1, 0.15) is 19.0 Å². The Balaban J connectivity index is 2.24. The van der Waals surface area contributed by atoms with Crippen molar-refractivity contribution in [1.29, 1.82) is 0 Å². The molecule has 1 aliphatic rings. The first-order valence-corrected chi connectivity index (χ1v) is 6.20. The molecule has 0 spiro atoms. The number of urea groups is 1. The van der Waals surface area contributed by atoms with E-state index in [9.17, 15) is 9.59 Å². The van der Waals surface area contributed by atoms with Crippen LogP contribution in [0.2, 0.25) is 0 Å². The first kappa shape index (κ1) is 13.4. The van der Waals surface area contributed by atoms with Gasteiger partial charge >= 0.3 is 6.03 Å². The van der Waals surface area contributed by atoms with E-state index < -0.39 is 11.6 Å². The van der Waals surface area contributed by atoms with E-state index in [1.807, 2.05) is 0 Å². The van der Waals surface area contributed by atoms with Crippen LogP contribution in [0.25, 0.3) is 0 Å². The largest absolute Gasteiger partial charge is 0.393 e. The Morgan fingerprint density at radius 1 is 1.53 bits per heavy atom. The van der Waals surface area contributed by atoms with Gasteiger partial charge in [0.15, 0.2) is 5.54 Å². The Hall–Kier alpha value is -2.02. The number of nitrogens with zero attached hydrogens (tertiary/aromatic N) is 2. The van der Waals surface area contributed by atoms with Gasteiger partial charge in [-0.1, -0.05) is 18.3 Å². The molecule has 19 heavy (non-hydrogen) atoms. The number of carbonyl (C=O) groups is 2. The van der Waals surface area contributed by atoms with Crippen LogP contribution in [-0.4, -0.2) is 33.4 Å². The number of hydrogen-bond acceptors (Lipinski definition) is 4. The molecule has 1 fully saturated rings. The second kappa shape index (κ2) is 4.93. The minimum absolute atomic E-state index is 0.183. The summed E-state index contributed by atoms with van der Waals surface area (Å²) in [5, 5.41) is 2.66. The van der Waals surface area contributed by atoms with Crippen molar-refractivity contribution in [2.45, 2.75) is 18.9 Å². The van der Waals surface area contributed by atoms with Crippen molar-refractivity contribution in [2.75, 3.05) is 6.54 Å². The third-order valence-corrected chi connectivity index (χ3v) is 3.24. The molecule has 1 unspecified atom stereocenters. The normalized spacial score (nSPS) is 22.5. The Bertz CT molecular complexity index is 534. The van der Waals surface area contributed by atoms with Crippen molar-refractivity contribution in [1.82, 2.24) is 15.2 Å². The molecule has 2 rings (SSSR count). The maximum absolute atomic E-state index is 12.4. The van der Waals surface area contributed by atoms with Gasteiger partial charge in [-0.3, -0.25) is 14.7 Å². The number of imide groups is 1. The Kier molecular flexibility index (Phi) is 3.48. The summed E-state index contributed by atoms with van der Waals surface area (Å²) in [6, 6.07) is 4.77. The standard InChI is InChI=1S/C12H14N4O2S/c1-12(8-4-2-3-6-14-8)10(17)16(11(18)15-12)7-5-9(13)19/h2-4,6H,5,7H2,1H3,(H2,13,19)(H,15,18). The monoisotopic (exact) mass is 278 g/mol. The Morgan fingerprint density at radius 2 is 2.26 bits per heavy atom. The molecule has 6 nitrogen and oxygen atoms in total. The van der Waals surface area contributed by atoms with Crippen LogP contribution in [0.15, 0.2) is 24.4 Å². The quantitative estimate of drug-likeness (QED) is 0.619. The average molecular weight is 278 g/mol. The van der Waals surface area contributed by atoms with Gasteiger partial charge in [-0.05, 0) is 19.1 Å². The molecular formula is C12H14N4O2S. The summed E-state index contributed by atoms with van der Waals surface area (Å²) >= 11 is 4.75. The molecule has 7 heteroatoms. The molecule has 0 aromatic carbocycles. The molecule has 2 heterocycles. The molecule has 3 amide bonds. The van der Waals surface area contributed by atoms with Crippen molar-refractivity contribution in [3.05, 3.63) is 30.1 Å². The van der Waals surface area contributed by atoms with E-state index in [0.717, 1.165) is 4.90 Å². The molecule has 0 radical (unpaired) electrons. The first-order chi connectivity index (χ1) is 8.95. The smallest absolute Gasteiger partial charge is 0.325 e. The Labute approximate surface area is 116 Å². The van der Waals surface area contributed by atoms with Crippen molar-refractivity contribution < 1.29 is 9.59 Å². The van der Waals surface area contributed by atoms with Gasteiger partial charge in [-0.25, -0.2) is 4.79 Å². The van der Waals surface area contributed by atoms with Crippen LogP contribution in [0.5, 0.6) is 0 Å².